The van der Waals surface area contributed by atoms with E-state index in [0.29, 0.717) is 5.89 Å². The van der Waals surface area contributed by atoms with Crippen LogP contribution in [0.3, 0.4) is 0 Å². The van der Waals surface area contributed by atoms with Gasteiger partial charge < -0.3 is 10.3 Å². The molecule has 2 aromatic rings. The molecule has 2 aromatic heterocycles. The van der Waals surface area contributed by atoms with Crippen molar-refractivity contribution in [3.63, 3.8) is 0 Å². The lowest BCUT2D eigenvalue weighted by molar-refractivity contribution is 0.419. The number of thiophene rings is 1. The van der Waals surface area contributed by atoms with Crippen molar-refractivity contribution in [1.82, 2.24) is 10.1 Å². The molecule has 0 radical (unpaired) electrons. The quantitative estimate of drug-likeness (QED) is 0.891. The molecule has 0 amide bonds. The normalized spacial score (nSPS) is 11.2. The third kappa shape index (κ3) is 1.95. The number of hydrogen-bond acceptors (Lipinski definition) is 5. The number of nitrogens with zero attached hydrogens (tertiary/aromatic N) is 2. The standard InChI is InChI=1S/C11H15N3OS/c1-4-7-5-8(9(12)16-7)11-13-10(6(2)3)14-15-11/h5-6H,4,12H2,1-3H3. The summed E-state index contributed by atoms with van der Waals surface area (Å²) in [6, 6.07) is 2.03. The molecule has 2 N–H and O–H groups in total. The van der Waals surface area contributed by atoms with Crippen molar-refractivity contribution in [3.8, 4) is 11.5 Å². The number of anilines is 1. The van der Waals surface area contributed by atoms with E-state index in [1.54, 1.807) is 11.3 Å². The van der Waals surface area contributed by atoms with Gasteiger partial charge in [0.1, 0.15) is 0 Å². The summed E-state index contributed by atoms with van der Waals surface area (Å²) in [7, 11) is 0. The molecule has 0 fully saturated rings. The second-order valence-electron chi connectivity index (χ2n) is 3.96. The van der Waals surface area contributed by atoms with E-state index in [4.69, 9.17) is 10.3 Å². The highest BCUT2D eigenvalue weighted by Gasteiger charge is 2.15. The van der Waals surface area contributed by atoms with Crippen LogP contribution in [0, 0.1) is 0 Å². The Bertz CT molecular complexity index is 487. The summed E-state index contributed by atoms with van der Waals surface area (Å²) in [6.45, 7) is 6.16. The number of nitrogen functional groups attached to an aromatic ring is 1. The Hall–Kier alpha value is -1.36. The molecule has 2 rings (SSSR count). The lowest BCUT2D eigenvalue weighted by Gasteiger charge is -1.92. The summed E-state index contributed by atoms with van der Waals surface area (Å²) in [5, 5.41) is 4.68. The molecule has 5 heteroatoms. The molecule has 2 heterocycles. The van der Waals surface area contributed by atoms with Gasteiger partial charge in [-0.3, -0.25) is 0 Å². The van der Waals surface area contributed by atoms with Crippen LogP contribution in [0.15, 0.2) is 10.6 Å². The van der Waals surface area contributed by atoms with Gasteiger partial charge in [0.25, 0.3) is 5.89 Å². The number of nitrogens with two attached hydrogens (primary N) is 1. The van der Waals surface area contributed by atoms with E-state index in [2.05, 4.69) is 17.1 Å². The van der Waals surface area contributed by atoms with Gasteiger partial charge in [0, 0.05) is 10.8 Å². The van der Waals surface area contributed by atoms with Crippen LogP contribution in [0.2, 0.25) is 0 Å². The Morgan fingerprint density at radius 2 is 2.25 bits per heavy atom. The average Bonchev–Trinajstić information content (AvgIpc) is 2.83. The molecular weight excluding hydrogens is 222 g/mol. The van der Waals surface area contributed by atoms with Crippen molar-refractivity contribution >= 4 is 16.3 Å². The Kier molecular flexibility index (Phi) is 2.96. The van der Waals surface area contributed by atoms with E-state index in [-0.39, 0.29) is 5.92 Å². The van der Waals surface area contributed by atoms with Gasteiger partial charge in [0.15, 0.2) is 5.82 Å². The van der Waals surface area contributed by atoms with Gasteiger partial charge in [0.2, 0.25) is 0 Å². The maximum absolute atomic E-state index is 5.93. The first-order valence-corrected chi connectivity index (χ1v) is 6.15. The zero-order valence-corrected chi connectivity index (χ0v) is 10.5. The SMILES string of the molecule is CCc1cc(-c2nc(C(C)C)no2)c(N)s1. The minimum absolute atomic E-state index is 0.267. The van der Waals surface area contributed by atoms with Crippen molar-refractivity contribution in [2.75, 3.05) is 5.73 Å². The molecule has 0 atom stereocenters. The number of aryl methyl sites for hydroxylation is 1. The van der Waals surface area contributed by atoms with E-state index in [0.717, 1.165) is 22.8 Å². The minimum Gasteiger partial charge on any atom is -0.390 e. The predicted octanol–water partition coefficient (Wildman–Crippen LogP) is 3.07. The second kappa shape index (κ2) is 4.25. The average molecular weight is 237 g/mol. The highest BCUT2D eigenvalue weighted by molar-refractivity contribution is 7.16. The van der Waals surface area contributed by atoms with E-state index >= 15 is 0 Å². The van der Waals surface area contributed by atoms with E-state index in [1.165, 1.54) is 4.88 Å². The molecule has 0 aliphatic heterocycles. The van der Waals surface area contributed by atoms with E-state index < -0.39 is 0 Å². The highest BCUT2D eigenvalue weighted by atomic mass is 32.1. The molecule has 16 heavy (non-hydrogen) atoms. The predicted molar refractivity (Wildman–Crippen MR) is 65.5 cm³/mol. The van der Waals surface area contributed by atoms with Gasteiger partial charge in [0.05, 0.1) is 10.6 Å². The van der Waals surface area contributed by atoms with E-state index in [9.17, 15) is 0 Å². The maximum atomic E-state index is 5.93. The van der Waals surface area contributed by atoms with Crippen LogP contribution < -0.4 is 5.73 Å². The van der Waals surface area contributed by atoms with Crippen LogP contribution in [0.1, 0.15) is 37.4 Å². The molecule has 0 saturated carbocycles. The third-order valence-electron chi connectivity index (χ3n) is 2.35. The first-order chi connectivity index (χ1) is 7.61. The summed E-state index contributed by atoms with van der Waals surface area (Å²) in [6.07, 6.45) is 0.972. The summed E-state index contributed by atoms with van der Waals surface area (Å²) < 4.78 is 5.22. The third-order valence-corrected chi connectivity index (χ3v) is 3.46. The molecular formula is C11H15N3OS. The Morgan fingerprint density at radius 1 is 1.50 bits per heavy atom. The summed E-state index contributed by atoms with van der Waals surface area (Å²) >= 11 is 1.58. The molecule has 0 saturated heterocycles. The molecule has 4 nitrogen and oxygen atoms in total. The fourth-order valence-corrected chi connectivity index (χ4v) is 2.24. The number of rotatable bonds is 3. The topological polar surface area (TPSA) is 64.9 Å². The fourth-order valence-electron chi connectivity index (χ4n) is 1.38. The summed E-state index contributed by atoms with van der Waals surface area (Å²) in [4.78, 5) is 5.57. The lowest BCUT2D eigenvalue weighted by Crippen LogP contribution is -1.89. The molecule has 0 spiro atoms. The number of hydrogen-bond donors (Lipinski definition) is 1. The first kappa shape index (κ1) is 11.1. The number of aromatic nitrogens is 2. The van der Waals surface area contributed by atoms with Crippen molar-refractivity contribution < 1.29 is 4.52 Å². The van der Waals surface area contributed by atoms with Gasteiger partial charge in [-0.1, -0.05) is 25.9 Å². The molecule has 0 aliphatic rings. The maximum Gasteiger partial charge on any atom is 0.260 e. The fraction of sp³-hybridized carbons (Fsp3) is 0.455. The van der Waals surface area contributed by atoms with Gasteiger partial charge in [-0.2, -0.15) is 4.98 Å². The molecule has 0 bridgehead atoms. The summed E-state index contributed by atoms with van der Waals surface area (Å²) in [5.74, 6) is 1.51. The monoisotopic (exact) mass is 237 g/mol. The second-order valence-corrected chi connectivity index (χ2v) is 5.12. The van der Waals surface area contributed by atoms with Crippen molar-refractivity contribution in [1.29, 1.82) is 0 Å². The Balaban J connectivity index is 2.38. The van der Waals surface area contributed by atoms with Gasteiger partial charge in [-0.25, -0.2) is 0 Å². The van der Waals surface area contributed by atoms with Crippen LogP contribution in [0.5, 0.6) is 0 Å². The minimum atomic E-state index is 0.267. The van der Waals surface area contributed by atoms with Crippen LogP contribution in [-0.2, 0) is 6.42 Å². The highest BCUT2D eigenvalue weighted by Crippen LogP contribution is 2.33. The summed E-state index contributed by atoms with van der Waals surface area (Å²) in [5.41, 5.74) is 6.79. The zero-order chi connectivity index (χ0) is 11.7. The largest absolute Gasteiger partial charge is 0.390 e. The first-order valence-electron chi connectivity index (χ1n) is 5.34. The van der Waals surface area contributed by atoms with Gasteiger partial charge >= 0.3 is 0 Å². The van der Waals surface area contributed by atoms with Crippen LogP contribution in [0.4, 0.5) is 5.00 Å². The van der Waals surface area contributed by atoms with Crippen molar-refractivity contribution in [2.45, 2.75) is 33.1 Å². The Morgan fingerprint density at radius 3 is 2.75 bits per heavy atom. The van der Waals surface area contributed by atoms with Gasteiger partial charge in [-0.05, 0) is 12.5 Å². The smallest absolute Gasteiger partial charge is 0.260 e. The molecule has 0 aliphatic carbocycles. The molecule has 86 valence electrons. The zero-order valence-electron chi connectivity index (χ0n) is 9.65. The van der Waals surface area contributed by atoms with E-state index in [1.807, 2.05) is 19.9 Å². The van der Waals surface area contributed by atoms with Gasteiger partial charge in [-0.15, -0.1) is 11.3 Å². The molecule has 0 unspecified atom stereocenters. The van der Waals surface area contributed by atoms with Crippen LogP contribution in [-0.4, -0.2) is 10.1 Å². The molecule has 0 aromatic carbocycles. The van der Waals surface area contributed by atoms with Crippen LogP contribution in [0.25, 0.3) is 11.5 Å². The van der Waals surface area contributed by atoms with Crippen molar-refractivity contribution in [3.05, 3.63) is 16.8 Å². The van der Waals surface area contributed by atoms with Crippen molar-refractivity contribution in [2.24, 2.45) is 0 Å². The van der Waals surface area contributed by atoms with Crippen LogP contribution >= 0.6 is 11.3 Å². The Labute approximate surface area is 98.5 Å². The lowest BCUT2D eigenvalue weighted by atomic mass is 10.2.